The maximum atomic E-state index is 7.15. The summed E-state index contributed by atoms with van der Waals surface area (Å²) in [4.78, 5) is 4.13. The Labute approximate surface area is 77.2 Å². The minimum atomic E-state index is 0.146. The lowest BCUT2D eigenvalue weighted by Gasteiger charge is -2.04. The third-order valence-electron chi connectivity index (χ3n) is 1.59. The van der Waals surface area contributed by atoms with Gasteiger partial charge in [-0.15, -0.1) is 0 Å². The van der Waals surface area contributed by atoms with Gasteiger partial charge in [-0.25, -0.2) is 4.98 Å². The van der Waals surface area contributed by atoms with Crippen molar-refractivity contribution in [3.05, 3.63) is 23.4 Å². The highest BCUT2D eigenvalue weighted by Gasteiger charge is 2.00. The molecule has 0 saturated heterocycles. The van der Waals surface area contributed by atoms with Crippen molar-refractivity contribution in [1.82, 2.24) is 4.98 Å². The Balaban J connectivity index is 2.94. The fraction of sp³-hybridized carbons (Fsp3) is 0.333. The summed E-state index contributed by atoms with van der Waals surface area (Å²) in [7, 11) is 1.57. The zero-order valence-corrected chi connectivity index (χ0v) is 7.79. The number of hydrogen-bond acceptors (Lipinski definition) is 3. The number of rotatable bonds is 3. The molecular formula is C9H13N3O. The van der Waals surface area contributed by atoms with Crippen LogP contribution in [0.1, 0.15) is 11.3 Å². The van der Waals surface area contributed by atoms with Crippen molar-refractivity contribution in [1.29, 1.82) is 5.41 Å². The average Bonchev–Trinajstić information content (AvgIpc) is 2.01. The van der Waals surface area contributed by atoms with Crippen molar-refractivity contribution in [2.24, 2.45) is 5.73 Å². The molecule has 1 aromatic heterocycles. The summed E-state index contributed by atoms with van der Waals surface area (Å²) in [5.41, 5.74) is 7.11. The summed E-state index contributed by atoms with van der Waals surface area (Å²) in [5, 5.41) is 7.15. The molecule has 1 rings (SSSR count). The monoisotopic (exact) mass is 179 g/mol. The predicted molar refractivity (Wildman–Crippen MR) is 51.1 cm³/mol. The van der Waals surface area contributed by atoms with Gasteiger partial charge in [0.1, 0.15) is 0 Å². The number of nitrogens with two attached hydrogens (primary N) is 1. The highest BCUT2D eigenvalue weighted by molar-refractivity contribution is 5.79. The van der Waals surface area contributed by atoms with E-state index in [0.29, 0.717) is 12.3 Å². The second-order valence-corrected chi connectivity index (χ2v) is 2.86. The topological polar surface area (TPSA) is 72.0 Å². The Bertz CT molecular complexity index is 323. The minimum Gasteiger partial charge on any atom is -0.481 e. The van der Waals surface area contributed by atoms with E-state index in [9.17, 15) is 0 Å². The lowest BCUT2D eigenvalue weighted by atomic mass is 10.1. The second kappa shape index (κ2) is 3.89. The molecule has 0 aliphatic rings. The van der Waals surface area contributed by atoms with Gasteiger partial charge in [-0.2, -0.15) is 0 Å². The summed E-state index contributed by atoms with van der Waals surface area (Å²) < 4.78 is 4.99. The number of nitrogens with one attached hydrogen (secondary N) is 1. The van der Waals surface area contributed by atoms with Gasteiger partial charge in [-0.1, -0.05) is 0 Å². The standard InChI is InChI=1S/C9H13N3O/c1-6-3-7(4-8(10)11)5-9(12-6)13-2/h3,5H,4H2,1-2H3,(H3,10,11). The molecule has 0 aliphatic carbocycles. The summed E-state index contributed by atoms with van der Waals surface area (Å²) in [6.07, 6.45) is 0.444. The molecule has 0 amide bonds. The molecule has 0 atom stereocenters. The fourth-order valence-corrected chi connectivity index (χ4v) is 1.13. The van der Waals surface area contributed by atoms with Crippen LogP contribution in [0.15, 0.2) is 12.1 Å². The maximum absolute atomic E-state index is 7.15. The van der Waals surface area contributed by atoms with E-state index >= 15 is 0 Å². The molecule has 0 fully saturated rings. The molecule has 4 heteroatoms. The molecule has 0 spiro atoms. The van der Waals surface area contributed by atoms with Gasteiger partial charge in [0.05, 0.1) is 12.9 Å². The number of aryl methyl sites for hydroxylation is 1. The van der Waals surface area contributed by atoms with Crippen LogP contribution in [0.25, 0.3) is 0 Å². The molecule has 1 heterocycles. The van der Waals surface area contributed by atoms with Gasteiger partial charge in [-0.3, -0.25) is 5.41 Å². The smallest absolute Gasteiger partial charge is 0.213 e. The van der Waals surface area contributed by atoms with Crippen LogP contribution in [0.2, 0.25) is 0 Å². The van der Waals surface area contributed by atoms with Crippen LogP contribution < -0.4 is 10.5 Å². The predicted octanol–water partition coefficient (Wildman–Crippen LogP) is 0.877. The van der Waals surface area contributed by atoms with Crippen LogP contribution in [0.4, 0.5) is 0 Å². The Morgan fingerprint density at radius 3 is 2.85 bits per heavy atom. The van der Waals surface area contributed by atoms with E-state index in [1.165, 1.54) is 0 Å². The van der Waals surface area contributed by atoms with E-state index in [2.05, 4.69) is 4.98 Å². The quantitative estimate of drug-likeness (QED) is 0.534. The molecule has 1 aromatic rings. The molecule has 3 N–H and O–H groups in total. The SMILES string of the molecule is COc1cc(CC(=N)N)cc(C)n1. The summed E-state index contributed by atoms with van der Waals surface area (Å²) in [5.74, 6) is 0.712. The minimum absolute atomic E-state index is 0.146. The Kier molecular flexibility index (Phi) is 2.84. The van der Waals surface area contributed by atoms with Crippen molar-refractivity contribution in [2.75, 3.05) is 7.11 Å². The van der Waals surface area contributed by atoms with Crippen LogP contribution >= 0.6 is 0 Å². The van der Waals surface area contributed by atoms with E-state index in [4.69, 9.17) is 15.9 Å². The highest BCUT2D eigenvalue weighted by atomic mass is 16.5. The third kappa shape index (κ3) is 2.74. The molecular weight excluding hydrogens is 166 g/mol. The Hall–Kier alpha value is -1.58. The summed E-state index contributed by atoms with van der Waals surface area (Å²) in [6.45, 7) is 1.88. The number of hydrogen-bond donors (Lipinski definition) is 2. The normalized spacial score (nSPS) is 9.69. The van der Waals surface area contributed by atoms with Gasteiger partial charge < -0.3 is 10.5 Å². The lowest BCUT2D eigenvalue weighted by molar-refractivity contribution is 0.396. The van der Waals surface area contributed by atoms with Gasteiger partial charge in [0.25, 0.3) is 0 Å². The summed E-state index contributed by atoms with van der Waals surface area (Å²) >= 11 is 0. The van der Waals surface area contributed by atoms with Crippen LogP contribution in [0.3, 0.4) is 0 Å². The first kappa shape index (κ1) is 9.51. The molecule has 0 aliphatic heterocycles. The van der Waals surface area contributed by atoms with Crippen LogP contribution in [0.5, 0.6) is 5.88 Å². The van der Waals surface area contributed by atoms with Gasteiger partial charge in [-0.05, 0) is 18.6 Å². The van der Waals surface area contributed by atoms with Crippen LogP contribution in [0, 0.1) is 12.3 Å². The van der Waals surface area contributed by atoms with Gasteiger partial charge in [0.2, 0.25) is 5.88 Å². The molecule has 0 bridgehead atoms. The fourth-order valence-electron chi connectivity index (χ4n) is 1.13. The average molecular weight is 179 g/mol. The number of aromatic nitrogens is 1. The number of pyridine rings is 1. The zero-order valence-electron chi connectivity index (χ0n) is 7.79. The van der Waals surface area contributed by atoms with Gasteiger partial charge in [0, 0.05) is 18.2 Å². The van der Waals surface area contributed by atoms with Crippen molar-refractivity contribution in [2.45, 2.75) is 13.3 Å². The largest absolute Gasteiger partial charge is 0.481 e. The maximum Gasteiger partial charge on any atom is 0.213 e. The van der Waals surface area contributed by atoms with Gasteiger partial charge in [0.15, 0.2) is 0 Å². The number of nitrogens with zero attached hydrogens (tertiary/aromatic N) is 1. The Morgan fingerprint density at radius 1 is 1.62 bits per heavy atom. The lowest BCUT2D eigenvalue weighted by Crippen LogP contribution is -2.13. The Morgan fingerprint density at radius 2 is 2.31 bits per heavy atom. The number of amidine groups is 1. The van der Waals surface area contributed by atoms with Crippen LogP contribution in [-0.4, -0.2) is 17.9 Å². The van der Waals surface area contributed by atoms with E-state index in [1.54, 1.807) is 13.2 Å². The third-order valence-corrected chi connectivity index (χ3v) is 1.59. The number of ether oxygens (including phenoxy) is 1. The molecule has 4 nitrogen and oxygen atoms in total. The molecule has 13 heavy (non-hydrogen) atoms. The van der Waals surface area contributed by atoms with Crippen molar-refractivity contribution < 1.29 is 4.74 Å². The van der Waals surface area contributed by atoms with E-state index < -0.39 is 0 Å². The van der Waals surface area contributed by atoms with Crippen molar-refractivity contribution in [3.63, 3.8) is 0 Å². The molecule has 0 unspecified atom stereocenters. The van der Waals surface area contributed by atoms with E-state index in [1.807, 2.05) is 13.0 Å². The second-order valence-electron chi connectivity index (χ2n) is 2.86. The molecule has 0 radical (unpaired) electrons. The van der Waals surface area contributed by atoms with Gasteiger partial charge >= 0.3 is 0 Å². The molecule has 0 saturated carbocycles. The molecule has 70 valence electrons. The highest BCUT2D eigenvalue weighted by Crippen LogP contribution is 2.11. The first-order valence-corrected chi connectivity index (χ1v) is 3.96. The van der Waals surface area contributed by atoms with E-state index in [0.717, 1.165) is 11.3 Å². The number of methoxy groups -OCH3 is 1. The summed E-state index contributed by atoms with van der Waals surface area (Å²) in [6, 6.07) is 3.68. The first-order valence-electron chi connectivity index (χ1n) is 3.96. The zero-order chi connectivity index (χ0) is 9.84. The van der Waals surface area contributed by atoms with Crippen molar-refractivity contribution in [3.8, 4) is 5.88 Å². The molecule has 0 aromatic carbocycles. The van der Waals surface area contributed by atoms with Crippen LogP contribution in [-0.2, 0) is 6.42 Å². The van der Waals surface area contributed by atoms with E-state index in [-0.39, 0.29) is 5.84 Å². The first-order chi connectivity index (χ1) is 6.11. The van der Waals surface area contributed by atoms with Crippen molar-refractivity contribution >= 4 is 5.84 Å².